The molecule has 0 aromatic heterocycles. The molecule has 3 aromatic carbocycles. The highest BCUT2D eigenvalue weighted by Gasteiger charge is 2.33. The number of phenolic OH excluding ortho intramolecular Hbond substituents is 1. The number of benzene rings is 3. The molecule has 0 bridgehead atoms. The van der Waals surface area contributed by atoms with Crippen molar-refractivity contribution < 1.29 is 39.5 Å². The van der Waals surface area contributed by atoms with Crippen molar-refractivity contribution in [2.75, 3.05) is 20.1 Å². The summed E-state index contributed by atoms with van der Waals surface area (Å²) in [5.74, 6) is -0.865. The lowest BCUT2D eigenvalue weighted by atomic mass is 9.99. The molecule has 1 saturated heterocycles. The summed E-state index contributed by atoms with van der Waals surface area (Å²) in [6, 6.07) is 22.0. The highest BCUT2D eigenvalue weighted by atomic mass is 16.7. The van der Waals surface area contributed by atoms with Crippen molar-refractivity contribution in [3.63, 3.8) is 0 Å². The van der Waals surface area contributed by atoms with Crippen LogP contribution in [0.25, 0.3) is 0 Å². The van der Waals surface area contributed by atoms with Crippen molar-refractivity contribution >= 4 is 11.9 Å². The van der Waals surface area contributed by atoms with Crippen LogP contribution < -0.4 is 5.32 Å². The average molecular weight is 607 g/mol. The third kappa shape index (κ3) is 10.1. The van der Waals surface area contributed by atoms with Crippen LogP contribution >= 0.6 is 0 Å². The van der Waals surface area contributed by atoms with Crippen molar-refractivity contribution in [1.29, 1.82) is 0 Å². The molecule has 5 N–H and O–H groups in total. The number of aromatic hydroxyl groups is 1. The van der Waals surface area contributed by atoms with Crippen molar-refractivity contribution in [1.82, 2.24) is 10.2 Å². The number of carboxylic acids is 1. The Morgan fingerprint density at radius 3 is 2.32 bits per heavy atom. The molecule has 10 heteroatoms. The Morgan fingerprint density at radius 2 is 1.64 bits per heavy atom. The highest BCUT2D eigenvalue weighted by Crippen LogP contribution is 2.38. The van der Waals surface area contributed by atoms with Gasteiger partial charge in [0, 0.05) is 44.5 Å². The molecule has 1 heterocycles. The molecule has 44 heavy (non-hydrogen) atoms. The molecule has 3 aromatic rings. The molecule has 0 radical (unpaired) electrons. The number of aliphatic hydroxyl groups is 2. The number of likely N-dealkylation sites (N-methyl/N-ethyl adjacent to an activating group) is 1. The lowest BCUT2D eigenvalue weighted by molar-refractivity contribution is -0.252. The maximum absolute atomic E-state index is 12.1. The van der Waals surface area contributed by atoms with Crippen molar-refractivity contribution in [2.45, 2.75) is 69.9 Å². The summed E-state index contributed by atoms with van der Waals surface area (Å²) in [7, 11) is 1.92. The topological polar surface area (TPSA) is 149 Å². The van der Waals surface area contributed by atoms with E-state index in [9.17, 15) is 24.9 Å². The number of hydrogen-bond donors (Lipinski definition) is 5. The second-order valence-corrected chi connectivity index (χ2v) is 11.3. The van der Waals surface area contributed by atoms with Crippen molar-refractivity contribution in [2.24, 2.45) is 0 Å². The summed E-state index contributed by atoms with van der Waals surface area (Å²) in [5, 5.41) is 41.6. The second kappa shape index (κ2) is 16.3. The molecular weight excluding hydrogens is 564 g/mol. The van der Waals surface area contributed by atoms with Crippen LogP contribution in [-0.2, 0) is 32.2 Å². The molecule has 0 saturated carbocycles. The summed E-state index contributed by atoms with van der Waals surface area (Å²) in [6.07, 6.45) is 0.0689. The van der Waals surface area contributed by atoms with E-state index in [1.807, 2.05) is 60.5 Å². The number of carbonyl (C=O) groups excluding carboxylic acids is 1. The summed E-state index contributed by atoms with van der Waals surface area (Å²) in [5.41, 5.74) is 4.18. The van der Waals surface area contributed by atoms with Crippen LogP contribution in [0.3, 0.4) is 0 Å². The summed E-state index contributed by atoms with van der Waals surface area (Å²) >= 11 is 0. The number of unbranched alkanes of at least 4 members (excludes halogenated alkanes) is 1. The van der Waals surface area contributed by atoms with E-state index in [4.69, 9.17) is 14.6 Å². The first-order valence-corrected chi connectivity index (χ1v) is 14.9. The number of ether oxygens (including phenoxy) is 2. The Kier molecular flexibility index (Phi) is 12.3. The SMILES string of the molecule is CN(C[C@@H]1C[C@H](c2ccc(CO)cc2)O[C@H](c2ccc(CNC(=O)CCCCC(=O)O)cc2)O1)C[C@@H](O)c1cccc(O)c1. The van der Waals surface area contributed by atoms with Gasteiger partial charge >= 0.3 is 5.97 Å². The molecular formula is C34H42N2O8. The zero-order valence-corrected chi connectivity index (χ0v) is 25.0. The Labute approximate surface area is 257 Å². The molecule has 0 spiro atoms. The molecule has 4 rings (SSSR count). The minimum Gasteiger partial charge on any atom is -0.508 e. The largest absolute Gasteiger partial charge is 0.508 e. The van der Waals surface area contributed by atoms with E-state index in [0.717, 1.165) is 22.3 Å². The smallest absolute Gasteiger partial charge is 0.303 e. The maximum atomic E-state index is 12.1. The van der Waals surface area contributed by atoms with Gasteiger partial charge < -0.3 is 40.1 Å². The summed E-state index contributed by atoms with van der Waals surface area (Å²) in [6.45, 7) is 1.21. The van der Waals surface area contributed by atoms with Crippen molar-refractivity contribution in [3.8, 4) is 5.75 Å². The first-order chi connectivity index (χ1) is 21.2. The van der Waals surface area contributed by atoms with Gasteiger partial charge in [-0.15, -0.1) is 0 Å². The van der Waals surface area contributed by atoms with Gasteiger partial charge in [-0.3, -0.25) is 9.59 Å². The van der Waals surface area contributed by atoms with Crippen LogP contribution in [0.5, 0.6) is 5.75 Å². The van der Waals surface area contributed by atoms with Gasteiger partial charge in [0.05, 0.1) is 24.9 Å². The van der Waals surface area contributed by atoms with E-state index >= 15 is 0 Å². The quantitative estimate of drug-likeness (QED) is 0.159. The number of hydrogen-bond acceptors (Lipinski definition) is 8. The number of rotatable bonds is 15. The molecule has 1 amide bonds. The van der Waals surface area contributed by atoms with E-state index in [-0.39, 0.29) is 43.3 Å². The van der Waals surface area contributed by atoms with Gasteiger partial charge in [0.15, 0.2) is 6.29 Å². The zero-order chi connectivity index (χ0) is 31.5. The number of aliphatic hydroxyl groups excluding tert-OH is 2. The van der Waals surface area contributed by atoms with E-state index < -0.39 is 18.4 Å². The van der Waals surface area contributed by atoms with Crippen LogP contribution in [0.2, 0.25) is 0 Å². The van der Waals surface area contributed by atoms with E-state index in [0.29, 0.717) is 44.5 Å². The number of carbonyl (C=O) groups is 2. The third-order valence-corrected chi connectivity index (χ3v) is 7.66. The molecule has 0 aliphatic carbocycles. The van der Waals surface area contributed by atoms with E-state index in [2.05, 4.69) is 5.32 Å². The molecule has 10 nitrogen and oxygen atoms in total. The van der Waals surface area contributed by atoms with Gasteiger partial charge in [-0.25, -0.2) is 0 Å². The number of nitrogens with one attached hydrogen (secondary N) is 1. The first kappa shape index (κ1) is 33.1. The fraction of sp³-hybridized carbons (Fsp3) is 0.412. The summed E-state index contributed by atoms with van der Waals surface area (Å²) in [4.78, 5) is 24.8. The molecule has 4 atom stereocenters. The van der Waals surface area contributed by atoms with Crippen LogP contribution in [0.15, 0.2) is 72.8 Å². The lowest BCUT2D eigenvalue weighted by Crippen LogP contribution is -2.39. The first-order valence-electron chi connectivity index (χ1n) is 14.9. The Morgan fingerprint density at radius 1 is 0.955 bits per heavy atom. The monoisotopic (exact) mass is 606 g/mol. The van der Waals surface area contributed by atoms with E-state index in [1.54, 1.807) is 24.3 Å². The van der Waals surface area contributed by atoms with E-state index in [1.165, 1.54) is 0 Å². The van der Waals surface area contributed by atoms with Crippen LogP contribution in [0.1, 0.15) is 78.4 Å². The number of carboxylic acid groups (broad SMARTS) is 1. The number of phenols is 1. The van der Waals surface area contributed by atoms with Crippen molar-refractivity contribution in [3.05, 3.63) is 101 Å². The Balaban J connectivity index is 1.39. The third-order valence-electron chi connectivity index (χ3n) is 7.66. The number of nitrogens with zero attached hydrogens (tertiary/aromatic N) is 1. The molecule has 1 aliphatic heterocycles. The predicted octanol–water partition coefficient (Wildman–Crippen LogP) is 4.36. The normalized spacial score (nSPS) is 19.0. The second-order valence-electron chi connectivity index (χ2n) is 11.3. The summed E-state index contributed by atoms with van der Waals surface area (Å²) < 4.78 is 12.8. The highest BCUT2D eigenvalue weighted by molar-refractivity contribution is 5.75. The fourth-order valence-corrected chi connectivity index (χ4v) is 5.23. The van der Waals surface area contributed by atoms with Gasteiger partial charge in [0.25, 0.3) is 0 Å². The Bertz CT molecular complexity index is 1350. The number of aliphatic carboxylic acids is 1. The average Bonchev–Trinajstić information content (AvgIpc) is 3.02. The van der Waals surface area contributed by atoms with Crippen LogP contribution in [-0.4, -0.2) is 63.4 Å². The number of amides is 1. The zero-order valence-electron chi connectivity index (χ0n) is 25.0. The molecule has 0 unspecified atom stereocenters. The molecule has 1 aliphatic rings. The minimum atomic E-state index is -0.857. The lowest BCUT2D eigenvalue weighted by Gasteiger charge is -2.38. The van der Waals surface area contributed by atoms with Gasteiger partial charge in [0.1, 0.15) is 5.75 Å². The van der Waals surface area contributed by atoms with Gasteiger partial charge in [-0.05, 0) is 54.3 Å². The maximum Gasteiger partial charge on any atom is 0.303 e. The van der Waals surface area contributed by atoms with Crippen LogP contribution in [0.4, 0.5) is 0 Å². The fourth-order valence-electron chi connectivity index (χ4n) is 5.23. The standard InChI is InChI=1S/C34H42N2O8/c1-36(21-30(39)27-5-4-6-28(38)17-27)20-29-18-31(25-13-11-24(22-37)12-14-25)44-34(43-29)26-15-9-23(10-16-26)19-35-32(40)7-2-3-8-33(41)42/h4-6,9-17,29-31,34,37-39H,2-3,7-8,18-22H2,1H3,(H,35,40)(H,41,42)/t29-,30+,31+,34+/m0/s1. The van der Waals surface area contributed by atoms with Gasteiger partial charge in [0.2, 0.25) is 5.91 Å². The van der Waals surface area contributed by atoms with Gasteiger partial charge in [-0.2, -0.15) is 0 Å². The predicted molar refractivity (Wildman–Crippen MR) is 163 cm³/mol. The molecule has 236 valence electrons. The minimum absolute atomic E-state index is 0.0377. The van der Waals surface area contributed by atoms with Crippen LogP contribution in [0, 0.1) is 0 Å². The molecule has 1 fully saturated rings. The van der Waals surface area contributed by atoms with Gasteiger partial charge in [-0.1, -0.05) is 60.7 Å². The Hall–Kier alpha value is -3.80.